The van der Waals surface area contributed by atoms with Crippen molar-refractivity contribution in [2.75, 3.05) is 6.54 Å². The van der Waals surface area contributed by atoms with Crippen LogP contribution in [-0.4, -0.2) is 16.7 Å². The van der Waals surface area contributed by atoms with Gasteiger partial charge in [-0.05, 0) is 26.2 Å². The second-order valence-electron chi connectivity index (χ2n) is 3.56. The molecule has 0 radical (unpaired) electrons. The number of hydrogen-bond donors (Lipinski definition) is 2. The Hall–Kier alpha value is -1.27. The summed E-state index contributed by atoms with van der Waals surface area (Å²) < 4.78 is 0. The zero-order chi connectivity index (χ0) is 9.80. The molecule has 2 N–H and O–H groups in total. The number of nitrogens with one attached hydrogen (secondary N) is 2. The van der Waals surface area contributed by atoms with Crippen molar-refractivity contribution in [3.8, 4) is 11.8 Å². The van der Waals surface area contributed by atoms with Crippen LogP contribution < -0.4 is 5.32 Å². The number of hydrogen-bond acceptors (Lipinski definition) is 2. The number of fused-ring (bicyclic) bond motifs is 1. The van der Waals surface area contributed by atoms with E-state index in [4.69, 9.17) is 0 Å². The summed E-state index contributed by atoms with van der Waals surface area (Å²) in [7, 11) is 0. The molecule has 1 heterocycles. The molecule has 0 aromatic carbocycles. The Morgan fingerprint density at radius 2 is 2.64 bits per heavy atom. The molecule has 14 heavy (non-hydrogen) atoms. The SMILES string of the molecule is CC#CCNC1CCCc2[nH]ncc21. The van der Waals surface area contributed by atoms with Crippen LogP contribution in [0.2, 0.25) is 0 Å². The maximum atomic E-state index is 4.08. The molecule has 74 valence electrons. The van der Waals surface area contributed by atoms with Crippen molar-refractivity contribution in [1.82, 2.24) is 15.5 Å². The van der Waals surface area contributed by atoms with E-state index in [0.29, 0.717) is 6.04 Å². The van der Waals surface area contributed by atoms with E-state index in [1.807, 2.05) is 13.1 Å². The molecule has 0 fully saturated rings. The number of aryl methyl sites for hydroxylation is 1. The van der Waals surface area contributed by atoms with E-state index in [0.717, 1.165) is 13.0 Å². The summed E-state index contributed by atoms with van der Waals surface area (Å²) in [5.41, 5.74) is 2.62. The number of aromatic amines is 1. The lowest BCUT2D eigenvalue weighted by Gasteiger charge is -2.21. The fourth-order valence-corrected chi connectivity index (χ4v) is 1.94. The molecule has 0 amide bonds. The minimum atomic E-state index is 0.443. The predicted octanol–water partition coefficient (Wildman–Crippen LogP) is 1.40. The summed E-state index contributed by atoms with van der Waals surface area (Å²) in [6.07, 6.45) is 5.49. The average molecular weight is 189 g/mol. The molecule has 2 rings (SSSR count). The van der Waals surface area contributed by atoms with Crippen LogP contribution >= 0.6 is 0 Å². The first-order chi connectivity index (χ1) is 6.92. The van der Waals surface area contributed by atoms with Crippen molar-refractivity contribution >= 4 is 0 Å². The van der Waals surface area contributed by atoms with E-state index in [-0.39, 0.29) is 0 Å². The summed E-state index contributed by atoms with van der Waals surface area (Å²) in [5, 5.41) is 10.6. The monoisotopic (exact) mass is 189 g/mol. The lowest BCUT2D eigenvalue weighted by molar-refractivity contribution is 0.481. The Morgan fingerprint density at radius 1 is 1.71 bits per heavy atom. The molecule has 0 bridgehead atoms. The topological polar surface area (TPSA) is 40.7 Å². The summed E-state index contributed by atoms with van der Waals surface area (Å²) in [6, 6.07) is 0.443. The Labute approximate surface area is 84.3 Å². The van der Waals surface area contributed by atoms with Crippen LogP contribution in [0.15, 0.2) is 6.20 Å². The lowest BCUT2D eigenvalue weighted by atomic mass is 9.93. The zero-order valence-corrected chi connectivity index (χ0v) is 8.43. The van der Waals surface area contributed by atoms with Crippen LogP contribution in [0, 0.1) is 11.8 Å². The molecule has 1 unspecified atom stereocenters. The maximum Gasteiger partial charge on any atom is 0.0581 e. The summed E-state index contributed by atoms with van der Waals surface area (Å²) in [5.74, 6) is 5.92. The third-order valence-corrected chi connectivity index (χ3v) is 2.66. The van der Waals surface area contributed by atoms with Crippen LogP contribution in [0.1, 0.15) is 37.1 Å². The summed E-state index contributed by atoms with van der Waals surface area (Å²) in [6.45, 7) is 2.64. The Bertz CT molecular complexity index is 356. The van der Waals surface area contributed by atoms with Crippen LogP contribution in [0.5, 0.6) is 0 Å². The van der Waals surface area contributed by atoms with Crippen LogP contribution in [-0.2, 0) is 6.42 Å². The first kappa shape index (κ1) is 9.29. The minimum Gasteiger partial charge on any atom is -0.299 e. The highest BCUT2D eigenvalue weighted by molar-refractivity contribution is 5.23. The molecular weight excluding hydrogens is 174 g/mol. The van der Waals surface area contributed by atoms with E-state index in [2.05, 4.69) is 27.4 Å². The third-order valence-electron chi connectivity index (χ3n) is 2.66. The highest BCUT2D eigenvalue weighted by Crippen LogP contribution is 2.27. The van der Waals surface area contributed by atoms with Gasteiger partial charge in [0, 0.05) is 17.3 Å². The molecule has 1 aromatic rings. The van der Waals surface area contributed by atoms with E-state index in [1.165, 1.54) is 24.1 Å². The smallest absolute Gasteiger partial charge is 0.0581 e. The van der Waals surface area contributed by atoms with Crippen LogP contribution in [0.4, 0.5) is 0 Å². The van der Waals surface area contributed by atoms with Gasteiger partial charge in [0.25, 0.3) is 0 Å². The summed E-state index contributed by atoms with van der Waals surface area (Å²) >= 11 is 0. The number of aromatic nitrogens is 2. The van der Waals surface area contributed by atoms with Crippen molar-refractivity contribution < 1.29 is 0 Å². The van der Waals surface area contributed by atoms with E-state index in [9.17, 15) is 0 Å². The van der Waals surface area contributed by atoms with E-state index in [1.54, 1.807) is 0 Å². The molecule has 0 saturated carbocycles. The van der Waals surface area contributed by atoms with Crippen molar-refractivity contribution in [3.05, 3.63) is 17.5 Å². The third kappa shape index (κ3) is 1.80. The molecule has 3 nitrogen and oxygen atoms in total. The van der Waals surface area contributed by atoms with Gasteiger partial charge in [-0.25, -0.2) is 0 Å². The van der Waals surface area contributed by atoms with Gasteiger partial charge in [-0.3, -0.25) is 10.4 Å². The van der Waals surface area contributed by atoms with Gasteiger partial charge in [0.2, 0.25) is 0 Å². The quantitative estimate of drug-likeness (QED) is 0.690. The molecule has 0 saturated heterocycles. The second-order valence-corrected chi connectivity index (χ2v) is 3.56. The first-order valence-corrected chi connectivity index (χ1v) is 5.07. The van der Waals surface area contributed by atoms with Gasteiger partial charge in [0.05, 0.1) is 12.7 Å². The molecule has 1 aliphatic carbocycles. The van der Waals surface area contributed by atoms with Gasteiger partial charge in [-0.1, -0.05) is 5.92 Å². The number of nitrogens with zero attached hydrogens (tertiary/aromatic N) is 1. The standard InChI is InChI=1S/C11H15N3/c1-2-3-7-12-10-5-4-6-11-9(10)8-13-14-11/h8,10,12H,4-7H2,1H3,(H,13,14). The van der Waals surface area contributed by atoms with Crippen molar-refractivity contribution in [3.63, 3.8) is 0 Å². The molecular formula is C11H15N3. The van der Waals surface area contributed by atoms with Gasteiger partial charge in [0.1, 0.15) is 0 Å². The lowest BCUT2D eigenvalue weighted by Crippen LogP contribution is -2.24. The Balaban J connectivity index is 2.03. The van der Waals surface area contributed by atoms with E-state index < -0.39 is 0 Å². The first-order valence-electron chi connectivity index (χ1n) is 5.07. The number of rotatable bonds is 2. The Kier molecular flexibility index (Phi) is 2.85. The largest absolute Gasteiger partial charge is 0.299 e. The van der Waals surface area contributed by atoms with Crippen LogP contribution in [0.3, 0.4) is 0 Å². The fourth-order valence-electron chi connectivity index (χ4n) is 1.94. The predicted molar refractivity (Wildman–Crippen MR) is 55.7 cm³/mol. The second kappa shape index (κ2) is 4.30. The van der Waals surface area contributed by atoms with Gasteiger partial charge >= 0.3 is 0 Å². The maximum absolute atomic E-state index is 4.08. The van der Waals surface area contributed by atoms with Crippen molar-refractivity contribution in [2.45, 2.75) is 32.2 Å². The Morgan fingerprint density at radius 3 is 3.50 bits per heavy atom. The van der Waals surface area contributed by atoms with Crippen molar-refractivity contribution in [2.24, 2.45) is 0 Å². The highest BCUT2D eigenvalue weighted by Gasteiger charge is 2.20. The van der Waals surface area contributed by atoms with Gasteiger partial charge in [-0.2, -0.15) is 5.10 Å². The molecule has 1 aromatic heterocycles. The molecule has 3 heteroatoms. The fraction of sp³-hybridized carbons (Fsp3) is 0.545. The van der Waals surface area contributed by atoms with Crippen LogP contribution in [0.25, 0.3) is 0 Å². The summed E-state index contributed by atoms with van der Waals surface area (Å²) in [4.78, 5) is 0. The molecule has 0 spiro atoms. The molecule has 1 atom stereocenters. The van der Waals surface area contributed by atoms with Gasteiger partial charge in [0.15, 0.2) is 0 Å². The number of H-pyrrole nitrogens is 1. The molecule has 1 aliphatic rings. The normalized spacial score (nSPS) is 19.6. The highest BCUT2D eigenvalue weighted by atomic mass is 15.1. The zero-order valence-electron chi connectivity index (χ0n) is 8.43. The van der Waals surface area contributed by atoms with Gasteiger partial charge < -0.3 is 0 Å². The van der Waals surface area contributed by atoms with E-state index >= 15 is 0 Å². The van der Waals surface area contributed by atoms with Crippen molar-refractivity contribution in [1.29, 1.82) is 0 Å². The van der Waals surface area contributed by atoms with Gasteiger partial charge in [-0.15, -0.1) is 5.92 Å². The minimum absolute atomic E-state index is 0.443. The average Bonchev–Trinajstić information content (AvgIpc) is 2.67. The molecule has 0 aliphatic heterocycles.